The molecule has 31 heavy (non-hydrogen) atoms. The van der Waals surface area contributed by atoms with Gasteiger partial charge in [-0.3, -0.25) is 4.57 Å². The standard InChI is InChI=1S/C24H22ClN5S/c1-14-5-7-18(8-6-14)13-29-24-27-26-17(4)30(24)23-21(15(2)16(3)31-23)22(28-29)19-9-11-20(25)12-10-19/h5-12H,13H2,1-4H3. The molecule has 1 aliphatic rings. The van der Waals surface area contributed by atoms with Gasteiger partial charge < -0.3 is 0 Å². The minimum absolute atomic E-state index is 0.600. The van der Waals surface area contributed by atoms with Gasteiger partial charge in [-0.1, -0.05) is 53.6 Å². The molecule has 0 N–H and O–H groups in total. The van der Waals surface area contributed by atoms with Crippen LogP contribution in [0.1, 0.15) is 38.5 Å². The van der Waals surface area contributed by atoms with Crippen molar-refractivity contribution in [3.05, 3.63) is 92.1 Å². The minimum Gasteiger partial charge on any atom is -0.254 e. The van der Waals surface area contributed by atoms with Gasteiger partial charge in [0.15, 0.2) is 0 Å². The second-order valence-corrected chi connectivity index (χ2v) is 9.48. The quantitative estimate of drug-likeness (QED) is 0.387. The van der Waals surface area contributed by atoms with E-state index >= 15 is 0 Å². The van der Waals surface area contributed by atoms with E-state index in [2.05, 4.69) is 59.8 Å². The smallest absolute Gasteiger partial charge is 0.253 e. The van der Waals surface area contributed by atoms with Crippen LogP contribution in [0.5, 0.6) is 0 Å². The first-order chi connectivity index (χ1) is 14.9. The third-order valence-corrected chi connectivity index (χ3v) is 7.08. The summed E-state index contributed by atoms with van der Waals surface area (Å²) < 4.78 is 2.13. The summed E-state index contributed by atoms with van der Waals surface area (Å²) in [5, 5.41) is 17.8. The number of fused-ring (bicyclic) bond motifs is 3. The molecule has 156 valence electrons. The number of halogens is 1. The molecule has 3 heterocycles. The van der Waals surface area contributed by atoms with E-state index in [-0.39, 0.29) is 0 Å². The van der Waals surface area contributed by atoms with Gasteiger partial charge in [0, 0.05) is 21.0 Å². The molecule has 4 aromatic rings. The molecule has 2 aromatic heterocycles. The molecule has 5 nitrogen and oxygen atoms in total. The van der Waals surface area contributed by atoms with E-state index in [1.807, 2.05) is 36.2 Å². The summed E-state index contributed by atoms with van der Waals surface area (Å²) in [6.45, 7) is 8.99. The van der Waals surface area contributed by atoms with Crippen LogP contribution < -0.4 is 5.01 Å². The van der Waals surface area contributed by atoms with Gasteiger partial charge in [-0.2, -0.15) is 5.10 Å². The van der Waals surface area contributed by atoms with Crippen molar-refractivity contribution in [2.24, 2.45) is 5.10 Å². The van der Waals surface area contributed by atoms with Crippen LogP contribution in [0.25, 0.3) is 5.00 Å². The molecule has 0 atom stereocenters. The topological polar surface area (TPSA) is 46.3 Å². The number of hydrogen-bond acceptors (Lipinski definition) is 5. The summed E-state index contributed by atoms with van der Waals surface area (Å²) in [4.78, 5) is 1.26. The van der Waals surface area contributed by atoms with Crippen LogP contribution in [0, 0.1) is 27.7 Å². The molecule has 1 aliphatic heterocycles. The molecule has 0 saturated carbocycles. The zero-order chi connectivity index (χ0) is 21.7. The number of aryl methyl sites for hydroxylation is 3. The van der Waals surface area contributed by atoms with Gasteiger partial charge in [0.1, 0.15) is 16.5 Å². The summed E-state index contributed by atoms with van der Waals surface area (Å²) in [6, 6.07) is 16.4. The van der Waals surface area contributed by atoms with Gasteiger partial charge in [-0.25, -0.2) is 5.01 Å². The molecular weight excluding hydrogens is 426 g/mol. The van der Waals surface area contributed by atoms with Crippen LogP contribution in [-0.4, -0.2) is 20.5 Å². The number of benzene rings is 2. The normalized spacial score (nSPS) is 12.9. The number of rotatable bonds is 3. The first-order valence-corrected chi connectivity index (χ1v) is 11.3. The second-order valence-electron chi connectivity index (χ2n) is 7.84. The van der Waals surface area contributed by atoms with Gasteiger partial charge in [-0.05, 0) is 51.0 Å². The van der Waals surface area contributed by atoms with Crippen molar-refractivity contribution in [1.29, 1.82) is 0 Å². The maximum atomic E-state index is 6.17. The highest BCUT2D eigenvalue weighted by molar-refractivity contribution is 7.15. The highest BCUT2D eigenvalue weighted by atomic mass is 35.5. The van der Waals surface area contributed by atoms with Crippen LogP contribution >= 0.6 is 22.9 Å². The summed E-state index contributed by atoms with van der Waals surface area (Å²) in [5.41, 5.74) is 6.69. The molecule has 5 rings (SSSR count). The van der Waals surface area contributed by atoms with Gasteiger partial charge in [-0.15, -0.1) is 21.5 Å². The van der Waals surface area contributed by atoms with E-state index in [4.69, 9.17) is 16.7 Å². The van der Waals surface area contributed by atoms with E-state index in [9.17, 15) is 0 Å². The largest absolute Gasteiger partial charge is 0.254 e. The fourth-order valence-electron chi connectivity index (χ4n) is 3.80. The predicted octanol–water partition coefficient (Wildman–Crippen LogP) is 5.99. The van der Waals surface area contributed by atoms with Crippen LogP contribution in [0.2, 0.25) is 5.02 Å². The molecule has 0 fully saturated rings. The fourth-order valence-corrected chi connectivity index (χ4v) is 5.13. The molecule has 0 radical (unpaired) electrons. The zero-order valence-corrected chi connectivity index (χ0v) is 19.4. The Morgan fingerprint density at radius 2 is 1.61 bits per heavy atom. The Morgan fingerprint density at radius 1 is 0.903 bits per heavy atom. The molecule has 2 aromatic carbocycles. The number of aromatic nitrogens is 3. The van der Waals surface area contributed by atoms with Gasteiger partial charge in [0.2, 0.25) is 0 Å². The third kappa shape index (κ3) is 3.46. The Bertz CT molecular complexity index is 1300. The Balaban J connectivity index is 1.74. The lowest BCUT2D eigenvalue weighted by molar-refractivity contribution is 0.798. The summed E-state index contributed by atoms with van der Waals surface area (Å²) in [5.74, 6) is 1.57. The number of nitrogens with zero attached hydrogens (tertiary/aromatic N) is 5. The van der Waals surface area contributed by atoms with E-state index in [1.54, 1.807) is 11.3 Å². The molecule has 7 heteroatoms. The van der Waals surface area contributed by atoms with Crippen LogP contribution in [0.4, 0.5) is 5.95 Å². The Hall–Kier alpha value is -2.96. The lowest BCUT2D eigenvalue weighted by atomic mass is 10.00. The molecular formula is C24H22ClN5S. The first-order valence-electron chi connectivity index (χ1n) is 10.1. The van der Waals surface area contributed by atoms with Crippen molar-refractivity contribution in [3.8, 4) is 5.00 Å². The van der Waals surface area contributed by atoms with Crippen LogP contribution in [0.15, 0.2) is 53.6 Å². The number of anilines is 1. The Kier molecular flexibility index (Phi) is 4.91. The number of hydrazone groups is 1. The summed E-state index contributed by atoms with van der Waals surface area (Å²) in [6.07, 6.45) is 0. The summed E-state index contributed by atoms with van der Waals surface area (Å²) >= 11 is 7.93. The predicted molar refractivity (Wildman–Crippen MR) is 128 cm³/mol. The van der Waals surface area contributed by atoms with Crippen LogP contribution in [-0.2, 0) is 6.54 Å². The van der Waals surface area contributed by atoms with Crippen molar-refractivity contribution >= 4 is 34.6 Å². The Morgan fingerprint density at radius 3 is 2.32 bits per heavy atom. The van der Waals surface area contributed by atoms with E-state index in [0.717, 1.165) is 39.2 Å². The summed E-state index contributed by atoms with van der Waals surface area (Å²) in [7, 11) is 0. The first kappa shape index (κ1) is 20.0. The monoisotopic (exact) mass is 447 g/mol. The Labute approximate surface area is 190 Å². The molecule has 0 spiro atoms. The van der Waals surface area contributed by atoms with E-state index in [0.29, 0.717) is 11.6 Å². The molecule has 0 unspecified atom stereocenters. The average Bonchev–Trinajstić information content (AvgIpc) is 3.23. The molecule has 0 saturated heterocycles. The third-order valence-electron chi connectivity index (χ3n) is 5.64. The van der Waals surface area contributed by atoms with E-state index in [1.165, 1.54) is 16.0 Å². The van der Waals surface area contributed by atoms with Crippen molar-refractivity contribution in [1.82, 2.24) is 14.8 Å². The zero-order valence-electron chi connectivity index (χ0n) is 17.8. The molecule has 0 aliphatic carbocycles. The second kappa shape index (κ2) is 7.62. The van der Waals surface area contributed by atoms with Crippen LogP contribution in [0.3, 0.4) is 0 Å². The lowest BCUT2D eigenvalue weighted by Gasteiger charge is -2.18. The highest BCUT2D eigenvalue weighted by Gasteiger charge is 2.30. The molecule has 0 bridgehead atoms. The van der Waals surface area contributed by atoms with Crippen molar-refractivity contribution in [3.63, 3.8) is 0 Å². The van der Waals surface area contributed by atoms with Crippen molar-refractivity contribution in [2.45, 2.75) is 34.2 Å². The maximum absolute atomic E-state index is 6.17. The molecule has 0 amide bonds. The van der Waals surface area contributed by atoms with Gasteiger partial charge >= 0.3 is 0 Å². The fraction of sp³-hybridized carbons (Fsp3) is 0.208. The number of thiophene rings is 1. The van der Waals surface area contributed by atoms with Gasteiger partial charge in [0.25, 0.3) is 5.95 Å². The minimum atomic E-state index is 0.600. The lowest BCUT2D eigenvalue weighted by Crippen LogP contribution is -2.20. The maximum Gasteiger partial charge on any atom is 0.253 e. The van der Waals surface area contributed by atoms with Gasteiger partial charge in [0.05, 0.1) is 6.54 Å². The highest BCUT2D eigenvalue weighted by Crippen LogP contribution is 2.38. The van der Waals surface area contributed by atoms with Crippen molar-refractivity contribution < 1.29 is 0 Å². The average molecular weight is 448 g/mol. The number of hydrogen-bond donors (Lipinski definition) is 0. The van der Waals surface area contributed by atoms with Crippen molar-refractivity contribution in [2.75, 3.05) is 5.01 Å². The van der Waals surface area contributed by atoms with E-state index < -0.39 is 0 Å². The SMILES string of the molecule is Cc1ccc(CN2N=C(c3ccc(Cl)cc3)c3c(sc(C)c3C)-n3c(C)nnc32)cc1.